The maximum absolute atomic E-state index is 12.7. The Labute approximate surface area is 164 Å². The standard InChI is InChI=1S/C22H24N2O4/c1-2-27-20(25)14-13-19-12-11-18-10-6-7-15-24(21(18)23-19)22(26)28-16-17-8-4-3-5-9-17/h3-5,8-9,11-14H,2,6-7,10,15-16H2,1H3/b14-13+. The lowest BCUT2D eigenvalue weighted by Gasteiger charge is -2.21. The van der Waals surface area contributed by atoms with Crippen LogP contribution < -0.4 is 4.90 Å². The molecule has 1 amide bonds. The second-order valence-electron chi connectivity index (χ2n) is 6.45. The fourth-order valence-electron chi connectivity index (χ4n) is 3.02. The van der Waals surface area contributed by atoms with Gasteiger partial charge in [0.05, 0.1) is 12.3 Å². The average Bonchev–Trinajstić information content (AvgIpc) is 2.93. The van der Waals surface area contributed by atoms with Crippen LogP contribution in [-0.4, -0.2) is 30.2 Å². The Balaban J connectivity index is 1.77. The predicted molar refractivity (Wildman–Crippen MR) is 107 cm³/mol. The summed E-state index contributed by atoms with van der Waals surface area (Å²) in [5, 5.41) is 0. The minimum Gasteiger partial charge on any atom is -0.463 e. The number of esters is 1. The minimum atomic E-state index is -0.418. The molecule has 1 aromatic carbocycles. The van der Waals surface area contributed by atoms with Gasteiger partial charge in [-0.3, -0.25) is 4.90 Å². The van der Waals surface area contributed by atoms with E-state index in [9.17, 15) is 9.59 Å². The van der Waals surface area contributed by atoms with Gasteiger partial charge in [0, 0.05) is 12.6 Å². The quantitative estimate of drug-likeness (QED) is 0.576. The van der Waals surface area contributed by atoms with Crippen molar-refractivity contribution in [3.05, 3.63) is 65.4 Å². The van der Waals surface area contributed by atoms with Crippen molar-refractivity contribution in [2.24, 2.45) is 0 Å². The normalized spacial score (nSPS) is 13.7. The van der Waals surface area contributed by atoms with E-state index in [1.807, 2.05) is 42.5 Å². The van der Waals surface area contributed by atoms with Crippen LogP contribution in [0, 0.1) is 0 Å². The van der Waals surface area contributed by atoms with Crippen molar-refractivity contribution in [2.75, 3.05) is 18.1 Å². The van der Waals surface area contributed by atoms with Crippen LogP contribution in [0.2, 0.25) is 0 Å². The van der Waals surface area contributed by atoms with Crippen LogP contribution in [-0.2, 0) is 27.3 Å². The molecule has 28 heavy (non-hydrogen) atoms. The molecule has 0 unspecified atom stereocenters. The third kappa shape index (κ3) is 5.19. The van der Waals surface area contributed by atoms with E-state index in [0.29, 0.717) is 24.7 Å². The maximum atomic E-state index is 12.7. The highest BCUT2D eigenvalue weighted by Gasteiger charge is 2.24. The summed E-state index contributed by atoms with van der Waals surface area (Å²) in [7, 11) is 0. The number of anilines is 1. The fraction of sp³-hybridized carbons (Fsp3) is 0.318. The zero-order valence-electron chi connectivity index (χ0n) is 16.0. The van der Waals surface area contributed by atoms with E-state index < -0.39 is 12.1 Å². The molecular weight excluding hydrogens is 356 g/mol. The minimum absolute atomic E-state index is 0.216. The molecule has 0 saturated carbocycles. The largest absolute Gasteiger partial charge is 0.463 e. The second kappa shape index (κ2) is 9.69. The SMILES string of the molecule is CCOC(=O)/C=C/c1ccc2c(n1)N(C(=O)OCc1ccccc1)CCCC2. The molecule has 2 aromatic rings. The number of fused-ring (bicyclic) bond motifs is 1. The Bertz CT molecular complexity index is 849. The van der Waals surface area contributed by atoms with Crippen LogP contribution in [0.25, 0.3) is 6.08 Å². The van der Waals surface area contributed by atoms with Crippen molar-refractivity contribution in [3.63, 3.8) is 0 Å². The number of rotatable bonds is 5. The predicted octanol–water partition coefficient (Wildman–Crippen LogP) is 4.14. The molecule has 0 N–H and O–H groups in total. The molecular formula is C22H24N2O4. The van der Waals surface area contributed by atoms with E-state index in [2.05, 4.69) is 4.98 Å². The van der Waals surface area contributed by atoms with Gasteiger partial charge in [0.2, 0.25) is 0 Å². The highest BCUT2D eigenvalue weighted by Crippen LogP contribution is 2.26. The van der Waals surface area contributed by atoms with Gasteiger partial charge in [-0.25, -0.2) is 14.6 Å². The van der Waals surface area contributed by atoms with Gasteiger partial charge in [0.1, 0.15) is 12.4 Å². The van der Waals surface area contributed by atoms with Crippen molar-refractivity contribution in [3.8, 4) is 0 Å². The molecule has 6 nitrogen and oxygen atoms in total. The Morgan fingerprint density at radius 3 is 2.71 bits per heavy atom. The smallest absolute Gasteiger partial charge is 0.415 e. The number of nitrogens with zero attached hydrogens (tertiary/aromatic N) is 2. The van der Waals surface area contributed by atoms with Crippen molar-refractivity contribution >= 4 is 24.0 Å². The highest BCUT2D eigenvalue weighted by atomic mass is 16.6. The van der Waals surface area contributed by atoms with Crippen molar-refractivity contribution < 1.29 is 19.1 Å². The molecule has 0 fully saturated rings. The van der Waals surface area contributed by atoms with Gasteiger partial charge < -0.3 is 9.47 Å². The lowest BCUT2D eigenvalue weighted by atomic mass is 10.1. The van der Waals surface area contributed by atoms with Crippen LogP contribution in [0.5, 0.6) is 0 Å². The summed E-state index contributed by atoms with van der Waals surface area (Å²) < 4.78 is 10.4. The first kappa shape index (κ1) is 19.6. The molecule has 0 aliphatic carbocycles. The first-order valence-corrected chi connectivity index (χ1v) is 9.50. The van der Waals surface area contributed by atoms with Crippen molar-refractivity contribution in [1.29, 1.82) is 0 Å². The second-order valence-corrected chi connectivity index (χ2v) is 6.45. The van der Waals surface area contributed by atoms with E-state index in [1.165, 1.54) is 6.08 Å². The van der Waals surface area contributed by atoms with Gasteiger partial charge in [-0.15, -0.1) is 0 Å². The summed E-state index contributed by atoms with van der Waals surface area (Å²) in [5.74, 6) is 0.181. The summed E-state index contributed by atoms with van der Waals surface area (Å²) in [6.07, 6.45) is 5.24. The summed E-state index contributed by atoms with van der Waals surface area (Å²) in [5.41, 5.74) is 2.53. The monoisotopic (exact) mass is 380 g/mol. The fourth-order valence-corrected chi connectivity index (χ4v) is 3.02. The Morgan fingerprint density at radius 2 is 1.93 bits per heavy atom. The van der Waals surface area contributed by atoms with Gasteiger partial charge in [-0.05, 0) is 49.5 Å². The summed E-state index contributed by atoms with van der Waals surface area (Å²) >= 11 is 0. The molecule has 1 aromatic heterocycles. The number of hydrogen-bond donors (Lipinski definition) is 0. The van der Waals surface area contributed by atoms with Gasteiger partial charge in [-0.2, -0.15) is 0 Å². The molecule has 146 valence electrons. The van der Waals surface area contributed by atoms with Crippen molar-refractivity contribution in [1.82, 2.24) is 4.98 Å². The van der Waals surface area contributed by atoms with Crippen molar-refractivity contribution in [2.45, 2.75) is 32.8 Å². The van der Waals surface area contributed by atoms with E-state index >= 15 is 0 Å². The Morgan fingerprint density at radius 1 is 1.11 bits per heavy atom. The number of pyridine rings is 1. The molecule has 6 heteroatoms. The van der Waals surface area contributed by atoms with E-state index in [1.54, 1.807) is 17.9 Å². The molecule has 1 aliphatic rings. The van der Waals surface area contributed by atoms with Gasteiger partial charge >= 0.3 is 12.1 Å². The van der Waals surface area contributed by atoms with Gasteiger partial charge in [-0.1, -0.05) is 36.4 Å². The van der Waals surface area contributed by atoms with Crippen LogP contribution in [0.15, 0.2) is 48.5 Å². The van der Waals surface area contributed by atoms with E-state index in [0.717, 1.165) is 30.4 Å². The first-order chi connectivity index (χ1) is 13.7. The average molecular weight is 380 g/mol. The molecule has 2 heterocycles. The molecule has 0 bridgehead atoms. The summed E-state index contributed by atoms with van der Waals surface area (Å²) in [6, 6.07) is 13.4. The molecule has 0 spiro atoms. The molecule has 3 rings (SSSR count). The lowest BCUT2D eigenvalue weighted by Crippen LogP contribution is -2.33. The Hall–Kier alpha value is -3.15. The van der Waals surface area contributed by atoms with Crippen LogP contribution in [0.3, 0.4) is 0 Å². The van der Waals surface area contributed by atoms with E-state index in [-0.39, 0.29) is 6.61 Å². The Kier molecular flexibility index (Phi) is 6.78. The van der Waals surface area contributed by atoms with Gasteiger partial charge in [0.15, 0.2) is 0 Å². The zero-order valence-corrected chi connectivity index (χ0v) is 16.0. The van der Waals surface area contributed by atoms with Crippen LogP contribution in [0.4, 0.5) is 10.6 Å². The van der Waals surface area contributed by atoms with Crippen LogP contribution in [0.1, 0.15) is 36.6 Å². The molecule has 0 radical (unpaired) electrons. The lowest BCUT2D eigenvalue weighted by molar-refractivity contribution is -0.137. The summed E-state index contributed by atoms with van der Waals surface area (Å²) in [6.45, 7) is 2.85. The number of aryl methyl sites for hydroxylation is 1. The first-order valence-electron chi connectivity index (χ1n) is 9.50. The maximum Gasteiger partial charge on any atom is 0.415 e. The number of amides is 1. The topological polar surface area (TPSA) is 68.7 Å². The summed E-state index contributed by atoms with van der Waals surface area (Å²) in [4.78, 5) is 30.4. The highest BCUT2D eigenvalue weighted by molar-refractivity contribution is 5.89. The van der Waals surface area contributed by atoms with E-state index in [4.69, 9.17) is 9.47 Å². The third-order valence-electron chi connectivity index (χ3n) is 4.41. The molecule has 1 aliphatic heterocycles. The molecule has 0 saturated heterocycles. The third-order valence-corrected chi connectivity index (χ3v) is 4.41. The number of hydrogen-bond acceptors (Lipinski definition) is 5. The number of ether oxygens (including phenoxy) is 2. The molecule has 0 atom stereocenters. The zero-order chi connectivity index (χ0) is 19.8. The number of benzene rings is 1. The van der Waals surface area contributed by atoms with Crippen LogP contribution >= 0.6 is 0 Å². The number of aromatic nitrogens is 1. The van der Waals surface area contributed by atoms with Gasteiger partial charge in [0.25, 0.3) is 0 Å². The number of carbonyl (C=O) groups is 2. The number of carbonyl (C=O) groups excluding carboxylic acids is 2.